The summed E-state index contributed by atoms with van der Waals surface area (Å²) in [5.41, 5.74) is 6.74. The average molecular weight is 510 g/mol. The molecule has 4 aromatic rings. The van der Waals surface area contributed by atoms with Crippen LogP contribution in [-0.4, -0.2) is 38.4 Å². The Kier molecular flexibility index (Phi) is 7.20. The summed E-state index contributed by atoms with van der Waals surface area (Å²) >= 11 is 0. The highest BCUT2D eigenvalue weighted by Gasteiger charge is 2.30. The molecule has 0 spiro atoms. The normalized spacial score (nSPS) is 17.9. The number of aromatic amines is 1. The molecule has 2 aromatic carbocycles. The van der Waals surface area contributed by atoms with Crippen LogP contribution >= 0.6 is 0 Å². The van der Waals surface area contributed by atoms with Gasteiger partial charge in [-0.15, -0.1) is 0 Å². The van der Waals surface area contributed by atoms with E-state index in [0.717, 1.165) is 47.2 Å². The van der Waals surface area contributed by atoms with Crippen LogP contribution in [0.15, 0.2) is 66.9 Å². The minimum Gasteiger partial charge on any atom is -0.456 e. The van der Waals surface area contributed by atoms with Crippen LogP contribution < -0.4 is 5.32 Å². The molecule has 38 heavy (non-hydrogen) atoms. The minimum absolute atomic E-state index is 0.179. The zero-order valence-corrected chi connectivity index (χ0v) is 21.9. The number of aryl methyl sites for hydroxylation is 1. The Morgan fingerprint density at radius 2 is 1.92 bits per heavy atom. The number of benzene rings is 2. The number of carbonyl (C=O) groups excluding carboxylic acids is 1. The maximum absolute atomic E-state index is 12.1. The van der Waals surface area contributed by atoms with Crippen molar-refractivity contribution in [3.05, 3.63) is 95.1 Å². The maximum Gasteiger partial charge on any atom is 0.303 e. The molecule has 2 heterocycles. The molecule has 0 saturated heterocycles. The van der Waals surface area contributed by atoms with Crippen LogP contribution in [0.1, 0.15) is 73.0 Å². The smallest absolute Gasteiger partial charge is 0.303 e. The van der Waals surface area contributed by atoms with Gasteiger partial charge < -0.3 is 15.0 Å². The van der Waals surface area contributed by atoms with E-state index in [1.165, 1.54) is 31.0 Å². The molecule has 0 bridgehead atoms. The van der Waals surface area contributed by atoms with Gasteiger partial charge in [-0.3, -0.25) is 14.7 Å². The molecule has 1 saturated carbocycles. The van der Waals surface area contributed by atoms with E-state index in [-0.39, 0.29) is 18.1 Å². The largest absolute Gasteiger partial charge is 0.456 e. The Balaban J connectivity index is 1.34. The monoisotopic (exact) mass is 509 g/mol. The molecule has 2 atom stereocenters. The second-order valence-electron chi connectivity index (χ2n) is 10.5. The summed E-state index contributed by atoms with van der Waals surface area (Å²) in [5, 5.41) is 3.56. The summed E-state index contributed by atoms with van der Waals surface area (Å²) in [7, 11) is 0. The summed E-state index contributed by atoms with van der Waals surface area (Å²) in [6.07, 6.45) is 7.20. The summed E-state index contributed by atoms with van der Waals surface area (Å²) in [6, 6.07) is 21.5. The van der Waals surface area contributed by atoms with Crippen LogP contribution in [-0.2, 0) is 29.0 Å². The molecule has 2 aromatic heterocycles. The number of hydrogen-bond acceptors (Lipinski definition) is 6. The summed E-state index contributed by atoms with van der Waals surface area (Å²) in [5.74, 6) is 0.686. The number of para-hydroxylation sites is 2. The fraction of sp³-hybridized carbons (Fsp3) is 0.387. The van der Waals surface area contributed by atoms with E-state index in [0.29, 0.717) is 25.7 Å². The van der Waals surface area contributed by atoms with Crippen LogP contribution in [0.3, 0.4) is 0 Å². The number of nitrogens with one attached hydrogen (secondary N) is 2. The summed E-state index contributed by atoms with van der Waals surface area (Å²) in [4.78, 5) is 27.8. The van der Waals surface area contributed by atoms with Crippen molar-refractivity contribution in [1.29, 1.82) is 0 Å². The second kappa shape index (κ2) is 11.1. The van der Waals surface area contributed by atoms with Gasteiger partial charge in [-0.2, -0.15) is 0 Å². The number of nitrogens with zero attached hydrogens (tertiary/aromatic N) is 3. The van der Waals surface area contributed by atoms with Gasteiger partial charge in [0.15, 0.2) is 0 Å². The molecule has 7 heteroatoms. The maximum atomic E-state index is 12.1. The highest BCUT2D eigenvalue weighted by Crippen LogP contribution is 2.36. The Morgan fingerprint density at radius 1 is 1.08 bits per heavy atom. The highest BCUT2D eigenvalue weighted by atomic mass is 16.5. The third-order valence-corrected chi connectivity index (χ3v) is 7.65. The summed E-state index contributed by atoms with van der Waals surface area (Å²) in [6.45, 7) is 3.49. The number of esters is 1. The van der Waals surface area contributed by atoms with Crippen LogP contribution in [0.4, 0.5) is 0 Å². The SMILES string of the molecule is CC(=O)OC(CNC1CC1)c1ccccc1CN(Cc1nc2ccccc2[nH]1)[C@H]1CCCc2cccnc21. The molecule has 2 aliphatic carbocycles. The molecule has 7 nitrogen and oxygen atoms in total. The van der Waals surface area contributed by atoms with E-state index in [4.69, 9.17) is 14.7 Å². The number of hydrogen-bond donors (Lipinski definition) is 2. The van der Waals surface area contributed by atoms with Crippen molar-refractivity contribution in [2.75, 3.05) is 6.54 Å². The quantitative estimate of drug-likeness (QED) is 0.279. The van der Waals surface area contributed by atoms with Crippen LogP contribution in [0.2, 0.25) is 0 Å². The van der Waals surface area contributed by atoms with E-state index >= 15 is 0 Å². The van der Waals surface area contributed by atoms with Gasteiger partial charge in [0.2, 0.25) is 0 Å². The Morgan fingerprint density at radius 3 is 2.76 bits per heavy atom. The third-order valence-electron chi connectivity index (χ3n) is 7.65. The van der Waals surface area contributed by atoms with E-state index < -0.39 is 0 Å². The molecular weight excluding hydrogens is 474 g/mol. The highest BCUT2D eigenvalue weighted by molar-refractivity contribution is 5.74. The van der Waals surface area contributed by atoms with Gasteiger partial charge in [0, 0.05) is 32.3 Å². The second-order valence-corrected chi connectivity index (χ2v) is 10.5. The van der Waals surface area contributed by atoms with E-state index in [1.807, 2.05) is 36.5 Å². The Hall–Kier alpha value is -3.55. The lowest BCUT2D eigenvalue weighted by molar-refractivity contribution is -0.146. The average Bonchev–Trinajstić information content (AvgIpc) is 3.67. The number of H-pyrrole nitrogens is 1. The number of carbonyl (C=O) groups is 1. The van der Waals surface area contributed by atoms with Gasteiger partial charge in [0.05, 0.1) is 29.3 Å². The lowest BCUT2D eigenvalue weighted by Gasteiger charge is -2.35. The van der Waals surface area contributed by atoms with Crippen molar-refractivity contribution in [1.82, 2.24) is 25.2 Å². The number of ether oxygens (including phenoxy) is 1. The van der Waals surface area contributed by atoms with Gasteiger partial charge in [0.25, 0.3) is 0 Å². The molecule has 0 aliphatic heterocycles. The van der Waals surface area contributed by atoms with Gasteiger partial charge in [-0.05, 0) is 67.0 Å². The fourth-order valence-corrected chi connectivity index (χ4v) is 5.68. The Bertz CT molecular complexity index is 1380. The first kappa shape index (κ1) is 24.8. The molecule has 2 N–H and O–H groups in total. The predicted octanol–water partition coefficient (Wildman–Crippen LogP) is 5.39. The molecule has 6 rings (SSSR count). The van der Waals surface area contributed by atoms with Crippen molar-refractivity contribution >= 4 is 17.0 Å². The van der Waals surface area contributed by atoms with Crippen molar-refractivity contribution in [3.8, 4) is 0 Å². The first-order valence-electron chi connectivity index (χ1n) is 13.7. The van der Waals surface area contributed by atoms with E-state index in [9.17, 15) is 4.79 Å². The zero-order valence-electron chi connectivity index (χ0n) is 21.9. The Labute approximate surface area is 223 Å². The summed E-state index contributed by atoms with van der Waals surface area (Å²) < 4.78 is 5.85. The molecule has 0 radical (unpaired) electrons. The molecule has 1 fully saturated rings. The number of rotatable bonds is 10. The molecule has 1 unspecified atom stereocenters. The van der Waals surface area contributed by atoms with Crippen molar-refractivity contribution in [2.24, 2.45) is 0 Å². The number of aromatic nitrogens is 3. The van der Waals surface area contributed by atoms with E-state index in [1.54, 1.807) is 0 Å². The van der Waals surface area contributed by atoms with Crippen molar-refractivity contribution in [3.63, 3.8) is 0 Å². The van der Waals surface area contributed by atoms with Gasteiger partial charge >= 0.3 is 5.97 Å². The minimum atomic E-state index is -0.325. The van der Waals surface area contributed by atoms with Crippen LogP contribution in [0, 0.1) is 0 Å². The van der Waals surface area contributed by atoms with Crippen LogP contribution in [0.5, 0.6) is 0 Å². The molecule has 0 amide bonds. The van der Waals surface area contributed by atoms with Crippen LogP contribution in [0.25, 0.3) is 11.0 Å². The molecule has 196 valence electrons. The first-order valence-corrected chi connectivity index (χ1v) is 13.7. The third kappa shape index (κ3) is 5.64. The standard InChI is InChI=1S/C31H35N5O2/c1-21(37)38-29(18-33-24-15-16-24)25-11-3-2-8-23(25)19-36(20-30-34-26-12-4-5-13-27(26)35-30)28-14-6-9-22-10-7-17-32-31(22)28/h2-5,7-8,10-13,17,24,28-29,33H,6,9,14-16,18-20H2,1H3,(H,34,35)/t28-,29?/m0/s1. The fourth-order valence-electron chi connectivity index (χ4n) is 5.68. The van der Waals surface area contributed by atoms with Gasteiger partial charge in [-0.1, -0.05) is 42.5 Å². The first-order chi connectivity index (χ1) is 18.6. The molecular formula is C31H35N5O2. The van der Waals surface area contributed by atoms with Gasteiger partial charge in [0.1, 0.15) is 11.9 Å². The predicted molar refractivity (Wildman–Crippen MR) is 147 cm³/mol. The van der Waals surface area contributed by atoms with Crippen molar-refractivity contribution in [2.45, 2.75) is 70.3 Å². The lowest BCUT2D eigenvalue weighted by atomic mass is 9.90. The topological polar surface area (TPSA) is 83.1 Å². The number of fused-ring (bicyclic) bond motifs is 2. The number of imidazole rings is 1. The lowest BCUT2D eigenvalue weighted by Crippen LogP contribution is -2.33. The molecule has 2 aliphatic rings. The van der Waals surface area contributed by atoms with Crippen molar-refractivity contribution < 1.29 is 9.53 Å². The number of pyridine rings is 1. The van der Waals surface area contributed by atoms with Gasteiger partial charge in [-0.25, -0.2) is 4.98 Å². The van der Waals surface area contributed by atoms with E-state index in [2.05, 4.69) is 45.5 Å². The zero-order chi connectivity index (χ0) is 25.9.